The van der Waals surface area contributed by atoms with Crippen LogP contribution in [0, 0.1) is 5.82 Å². The van der Waals surface area contributed by atoms with E-state index in [4.69, 9.17) is 4.74 Å². The van der Waals surface area contributed by atoms with Gasteiger partial charge in [0.1, 0.15) is 12.0 Å². The van der Waals surface area contributed by atoms with Crippen LogP contribution < -0.4 is 4.74 Å². The Morgan fingerprint density at radius 1 is 1.06 bits per heavy atom. The highest BCUT2D eigenvalue weighted by molar-refractivity contribution is 9.10. The number of aldehydes is 1. The molecule has 0 spiro atoms. The molecule has 0 aromatic heterocycles. The molecule has 5 heteroatoms. The lowest BCUT2D eigenvalue weighted by Crippen LogP contribution is -1.90. The number of hydrogen-bond donors (Lipinski definition) is 0. The minimum absolute atomic E-state index is 0.123. The molecule has 2 nitrogen and oxygen atoms in total. The maximum Gasteiger partial charge on any atom is 0.166 e. The summed E-state index contributed by atoms with van der Waals surface area (Å²) in [5.41, 5.74) is 0.519. The van der Waals surface area contributed by atoms with Crippen molar-refractivity contribution in [1.29, 1.82) is 0 Å². The fourth-order valence-corrected chi connectivity index (χ4v) is 2.16. The first kappa shape index (κ1) is 13.2. The van der Waals surface area contributed by atoms with E-state index in [2.05, 4.69) is 31.9 Å². The van der Waals surface area contributed by atoms with E-state index in [1.165, 1.54) is 12.1 Å². The maximum absolute atomic E-state index is 13.6. The van der Waals surface area contributed by atoms with Crippen molar-refractivity contribution in [2.24, 2.45) is 0 Å². The fraction of sp³-hybridized carbons (Fsp3) is 0. The van der Waals surface area contributed by atoms with Crippen molar-refractivity contribution in [2.45, 2.75) is 0 Å². The summed E-state index contributed by atoms with van der Waals surface area (Å²) < 4.78 is 20.3. The Morgan fingerprint density at radius 2 is 1.78 bits per heavy atom. The minimum Gasteiger partial charge on any atom is -0.453 e. The topological polar surface area (TPSA) is 26.3 Å². The van der Waals surface area contributed by atoms with Gasteiger partial charge in [-0.05, 0) is 52.3 Å². The second-order valence-corrected chi connectivity index (χ2v) is 5.25. The van der Waals surface area contributed by atoms with Crippen LogP contribution in [-0.4, -0.2) is 6.29 Å². The zero-order valence-electron chi connectivity index (χ0n) is 8.99. The van der Waals surface area contributed by atoms with Gasteiger partial charge in [0.25, 0.3) is 0 Å². The van der Waals surface area contributed by atoms with Crippen LogP contribution in [0.15, 0.2) is 45.3 Å². The fourth-order valence-electron chi connectivity index (χ4n) is 1.35. The van der Waals surface area contributed by atoms with Crippen LogP contribution in [0.25, 0.3) is 0 Å². The van der Waals surface area contributed by atoms with Crippen LogP contribution in [-0.2, 0) is 0 Å². The Morgan fingerprint density at radius 3 is 2.39 bits per heavy atom. The molecule has 0 fully saturated rings. The Bertz CT molecular complexity index is 600. The molecule has 0 atom stereocenters. The Balaban J connectivity index is 2.31. The Hall–Kier alpha value is -1.20. The maximum atomic E-state index is 13.6. The summed E-state index contributed by atoms with van der Waals surface area (Å²) in [5.74, 6) is 0.107. The molecule has 0 amide bonds. The average Bonchev–Trinajstić information content (AvgIpc) is 2.34. The van der Waals surface area contributed by atoms with Crippen molar-refractivity contribution in [1.82, 2.24) is 0 Å². The first-order valence-corrected chi connectivity index (χ1v) is 6.56. The van der Waals surface area contributed by atoms with Gasteiger partial charge in [-0.3, -0.25) is 4.79 Å². The van der Waals surface area contributed by atoms with Crippen molar-refractivity contribution in [3.05, 3.63) is 56.7 Å². The van der Waals surface area contributed by atoms with E-state index in [1.807, 2.05) is 0 Å². The van der Waals surface area contributed by atoms with Crippen LogP contribution in [0.1, 0.15) is 10.4 Å². The first-order valence-electron chi connectivity index (χ1n) is 4.98. The smallest absolute Gasteiger partial charge is 0.166 e. The second-order valence-electron chi connectivity index (χ2n) is 3.48. The molecule has 0 heterocycles. The quantitative estimate of drug-likeness (QED) is 0.711. The normalized spacial score (nSPS) is 10.2. The molecule has 2 rings (SSSR count). The summed E-state index contributed by atoms with van der Waals surface area (Å²) in [7, 11) is 0. The SMILES string of the molecule is O=Cc1ccc(Oc2ccc(Br)cc2F)c(Br)c1. The van der Waals surface area contributed by atoms with E-state index < -0.39 is 5.82 Å². The number of benzene rings is 2. The van der Waals surface area contributed by atoms with E-state index in [1.54, 1.807) is 24.3 Å². The summed E-state index contributed by atoms with van der Waals surface area (Å²) in [6.07, 6.45) is 0.731. The molecular weight excluding hydrogens is 367 g/mol. The number of hydrogen-bond acceptors (Lipinski definition) is 2. The molecule has 0 unspecified atom stereocenters. The van der Waals surface area contributed by atoms with Gasteiger partial charge in [-0.2, -0.15) is 0 Å². The number of ether oxygens (including phenoxy) is 1. The average molecular weight is 374 g/mol. The van der Waals surface area contributed by atoms with Gasteiger partial charge in [0.15, 0.2) is 11.6 Å². The van der Waals surface area contributed by atoms with Gasteiger partial charge in [-0.15, -0.1) is 0 Å². The molecule has 0 saturated heterocycles. The summed E-state index contributed by atoms with van der Waals surface area (Å²) in [6.45, 7) is 0. The number of halogens is 3. The standard InChI is InChI=1S/C13H7Br2FO2/c14-9-2-4-13(11(16)6-9)18-12-3-1-8(7-17)5-10(12)15/h1-7H. The summed E-state index contributed by atoms with van der Waals surface area (Å²) >= 11 is 6.44. The molecule has 18 heavy (non-hydrogen) atoms. The van der Waals surface area contributed by atoms with Gasteiger partial charge in [0.2, 0.25) is 0 Å². The highest BCUT2D eigenvalue weighted by atomic mass is 79.9. The van der Waals surface area contributed by atoms with Crippen LogP contribution >= 0.6 is 31.9 Å². The Labute approximate surface area is 120 Å². The van der Waals surface area contributed by atoms with Gasteiger partial charge in [-0.25, -0.2) is 4.39 Å². The highest BCUT2D eigenvalue weighted by Gasteiger charge is 2.08. The van der Waals surface area contributed by atoms with Crippen molar-refractivity contribution in [3.63, 3.8) is 0 Å². The van der Waals surface area contributed by atoms with Crippen LogP contribution in [0.3, 0.4) is 0 Å². The number of rotatable bonds is 3. The molecule has 2 aromatic rings. The van der Waals surface area contributed by atoms with E-state index in [-0.39, 0.29) is 5.75 Å². The largest absolute Gasteiger partial charge is 0.453 e. The lowest BCUT2D eigenvalue weighted by Gasteiger charge is -2.09. The predicted octanol–water partition coefficient (Wildman–Crippen LogP) is 4.96. The van der Waals surface area contributed by atoms with Crippen LogP contribution in [0.5, 0.6) is 11.5 Å². The van der Waals surface area contributed by atoms with Crippen molar-refractivity contribution >= 4 is 38.1 Å². The highest BCUT2D eigenvalue weighted by Crippen LogP contribution is 2.32. The number of carbonyl (C=O) groups is 1. The molecular formula is C13H7Br2FO2. The molecule has 0 aliphatic rings. The lowest BCUT2D eigenvalue weighted by atomic mass is 10.2. The molecule has 92 valence electrons. The summed E-state index contributed by atoms with van der Waals surface area (Å²) in [5, 5.41) is 0. The third kappa shape index (κ3) is 2.97. The van der Waals surface area contributed by atoms with Gasteiger partial charge in [0.05, 0.1) is 4.47 Å². The third-order valence-corrected chi connectivity index (χ3v) is 3.32. The lowest BCUT2D eigenvalue weighted by molar-refractivity contribution is 0.112. The van der Waals surface area contributed by atoms with Gasteiger partial charge in [-0.1, -0.05) is 15.9 Å². The van der Waals surface area contributed by atoms with Crippen LogP contribution in [0.2, 0.25) is 0 Å². The molecule has 2 aromatic carbocycles. The molecule has 0 N–H and O–H groups in total. The monoisotopic (exact) mass is 372 g/mol. The van der Waals surface area contributed by atoms with Gasteiger partial charge < -0.3 is 4.74 Å². The zero-order chi connectivity index (χ0) is 13.1. The third-order valence-electron chi connectivity index (χ3n) is 2.21. The van der Waals surface area contributed by atoms with E-state index in [0.717, 1.165) is 6.29 Å². The Kier molecular flexibility index (Phi) is 4.14. The van der Waals surface area contributed by atoms with Crippen LogP contribution in [0.4, 0.5) is 4.39 Å². The molecule has 0 saturated carbocycles. The molecule has 0 aliphatic heterocycles. The minimum atomic E-state index is -0.462. The number of carbonyl (C=O) groups excluding carboxylic acids is 1. The van der Waals surface area contributed by atoms with E-state index in [9.17, 15) is 9.18 Å². The molecule has 0 aliphatic carbocycles. The zero-order valence-corrected chi connectivity index (χ0v) is 12.2. The van der Waals surface area contributed by atoms with E-state index >= 15 is 0 Å². The summed E-state index contributed by atoms with van der Waals surface area (Å²) in [6, 6.07) is 9.35. The van der Waals surface area contributed by atoms with Crippen molar-refractivity contribution in [2.75, 3.05) is 0 Å². The van der Waals surface area contributed by atoms with Crippen molar-refractivity contribution in [3.8, 4) is 11.5 Å². The predicted molar refractivity (Wildman–Crippen MR) is 73.7 cm³/mol. The summed E-state index contributed by atoms with van der Waals surface area (Å²) in [4.78, 5) is 10.6. The van der Waals surface area contributed by atoms with Crippen molar-refractivity contribution < 1.29 is 13.9 Å². The molecule has 0 bridgehead atoms. The first-order chi connectivity index (χ1) is 8.60. The van der Waals surface area contributed by atoms with E-state index in [0.29, 0.717) is 20.3 Å². The van der Waals surface area contributed by atoms with Gasteiger partial charge >= 0.3 is 0 Å². The van der Waals surface area contributed by atoms with Gasteiger partial charge in [0, 0.05) is 10.0 Å². The molecule has 0 radical (unpaired) electrons. The second kappa shape index (κ2) is 5.63.